The smallest absolute Gasteiger partial charge is 0.236 e. The van der Waals surface area contributed by atoms with Crippen LogP contribution in [0.3, 0.4) is 0 Å². The third-order valence-electron chi connectivity index (χ3n) is 2.37. The second-order valence-electron chi connectivity index (χ2n) is 4.09. The van der Waals surface area contributed by atoms with Crippen LogP contribution in [-0.4, -0.2) is 25.1 Å². The molecule has 0 saturated heterocycles. The van der Waals surface area contributed by atoms with Gasteiger partial charge in [-0.15, -0.1) is 12.4 Å². The maximum atomic E-state index is 12.6. The summed E-state index contributed by atoms with van der Waals surface area (Å²) in [5, 5.41) is 2.72. The van der Waals surface area contributed by atoms with Gasteiger partial charge in [0.05, 0.1) is 12.6 Å². The predicted molar refractivity (Wildman–Crippen MR) is 75.0 cm³/mol. The molecule has 1 atom stereocenters. The highest BCUT2D eigenvalue weighted by molar-refractivity contribution is 5.85. The molecule has 1 unspecified atom stereocenters. The molecule has 0 radical (unpaired) electrons. The zero-order valence-corrected chi connectivity index (χ0v) is 11.7. The number of hydrogen-bond acceptors (Lipinski definition) is 3. The van der Waals surface area contributed by atoms with Crippen molar-refractivity contribution in [3.63, 3.8) is 0 Å². The van der Waals surface area contributed by atoms with Gasteiger partial charge in [-0.2, -0.15) is 0 Å². The first kappa shape index (κ1) is 17.7. The summed E-state index contributed by atoms with van der Waals surface area (Å²) in [6, 6.07) is 5.43. The van der Waals surface area contributed by atoms with E-state index >= 15 is 0 Å². The molecule has 0 saturated carbocycles. The van der Waals surface area contributed by atoms with Gasteiger partial charge in [0.1, 0.15) is 11.6 Å². The third kappa shape index (κ3) is 7.64. The molecule has 0 aliphatic rings. The first-order valence-electron chi connectivity index (χ1n) is 6.01. The first-order chi connectivity index (χ1) is 8.59. The number of amides is 1. The van der Waals surface area contributed by atoms with Crippen molar-refractivity contribution in [3.8, 4) is 5.75 Å². The first-order valence-corrected chi connectivity index (χ1v) is 6.01. The molecule has 1 aromatic carbocycles. The minimum Gasteiger partial charge on any atom is -0.494 e. The average molecular weight is 291 g/mol. The van der Waals surface area contributed by atoms with Gasteiger partial charge in [-0.1, -0.05) is 0 Å². The molecule has 0 heterocycles. The van der Waals surface area contributed by atoms with Gasteiger partial charge in [-0.25, -0.2) is 4.39 Å². The fraction of sp³-hybridized carbons (Fsp3) is 0.462. The van der Waals surface area contributed by atoms with E-state index in [1.807, 2.05) is 0 Å². The lowest BCUT2D eigenvalue weighted by molar-refractivity contribution is -0.121. The van der Waals surface area contributed by atoms with E-state index in [-0.39, 0.29) is 24.1 Å². The Hall–Kier alpha value is -1.33. The Morgan fingerprint density at radius 3 is 2.58 bits per heavy atom. The molecule has 0 aromatic heterocycles. The van der Waals surface area contributed by atoms with Crippen molar-refractivity contribution in [1.82, 2.24) is 5.32 Å². The van der Waals surface area contributed by atoms with Crippen LogP contribution in [0, 0.1) is 5.82 Å². The number of rotatable bonds is 7. The number of hydrogen-bond donors (Lipinski definition) is 2. The number of unbranched alkanes of at least 4 members (excludes halogenated alkanes) is 1. The molecular weight excluding hydrogens is 271 g/mol. The van der Waals surface area contributed by atoms with Crippen LogP contribution < -0.4 is 15.8 Å². The molecule has 19 heavy (non-hydrogen) atoms. The molecular formula is C13H20ClFN2O2. The van der Waals surface area contributed by atoms with Crippen LogP contribution in [0.5, 0.6) is 5.75 Å². The maximum absolute atomic E-state index is 12.6. The standard InChI is InChI=1S/C13H19FN2O2.ClH/c1-10(15)13(17)16-8-2-3-9-18-12-6-4-11(14)5-7-12;/h4-7,10H,2-3,8-9,15H2,1H3,(H,16,17);1H. The molecule has 0 aliphatic heterocycles. The number of nitrogens with two attached hydrogens (primary N) is 1. The number of benzene rings is 1. The van der Waals surface area contributed by atoms with Crippen LogP contribution in [0.15, 0.2) is 24.3 Å². The normalized spacial score (nSPS) is 11.3. The second kappa shape index (κ2) is 9.58. The van der Waals surface area contributed by atoms with E-state index < -0.39 is 6.04 Å². The highest BCUT2D eigenvalue weighted by Gasteiger charge is 2.04. The highest BCUT2D eigenvalue weighted by Crippen LogP contribution is 2.11. The van der Waals surface area contributed by atoms with Crippen LogP contribution >= 0.6 is 12.4 Å². The molecule has 0 fully saturated rings. The summed E-state index contributed by atoms with van der Waals surface area (Å²) < 4.78 is 18.0. The lowest BCUT2D eigenvalue weighted by Crippen LogP contribution is -2.38. The van der Waals surface area contributed by atoms with Gasteiger partial charge in [-0.05, 0) is 44.0 Å². The lowest BCUT2D eigenvalue weighted by atomic mass is 10.3. The van der Waals surface area contributed by atoms with E-state index in [0.717, 1.165) is 12.8 Å². The quantitative estimate of drug-likeness (QED) is 0.754. The molecule has 4 nitrogen and oxygen atoms in total. The second-order valence-corrected chi connectivity index (χ2v) is 4.09. The Bertz CT molecular complexity index is 371. The monoisotopic (exact) mass is 290 g/mol. The third-order valence-corrected chi connectivity index (χ3v) is 2.37. The van der Waals surface area contributed by atoms with Crippen LogP contribution in [0.4, 0.5) is 4.39 Å². The molecule has 0 aliphatic carbocycles. The molecule has 0 spiro atoms. The maximum Gasteiger partial charge on any atom is 0.236 e. The molecule has 1 aromatic rings. The largest absolute Gasteiger partial charge is 0.494 e. The van der Waals surface area contributed by atoms with Gasteiger partial charge in [0.15, 0.2) is 0 Å². The molecule has 3 N–H and O–H groups in total. The van der Waals surface area contributed by atoms with E-state index in [1.165, 1.54) is 12.1 Å². The Kier molecular flexibility index (Phi) is 8.91. The van der Waals surface area contributed by atoms with E-state index in [0.29, 0.717) is 18.9 Å². The molecule has 6 heteroatoms. The minimum absolute atomic E-state index is 0. The summed E-state index contributed by atoms with van der Waals surface area (Å²) in [5.41, 5.74) is 5.40. The van der Waals surface area contributed by atoms with E-state index in [2.05, 4.69) is 5.32 Å². The summed E-state index contributed by atoms with van der Waals surface area (Å²) in [6.45, 7) is 2.78. The van der Waals surface area contributed by atoms with Crippen LogP contribution in [-0.2, 0) is 4.79 Å². The van der Waals surface area contributed by atoms with E-state index in [1.54, 1.807) is 19.1 Å². The lowest BCUT2D eigenvalue weighted by Gasteiger charge is -2.08. The fourth-order valence-electron chi connectivity index (χ4n) is 1.32. The zero-order valence-electron chi connectivity index (χ0n) is 10.9. The van der Waals surface area contributed by atoms with Crippen molar-refractivity contribution >= 4 is 18.3 Å². The van der Waals surface area contributed by atoms with Crippen molar-refractivity contribution in [3.05, 3.63) is 30.1 Å². The number of carbonyl (C=O) groups excluding carboxylic acids is 1. The van der Waals surface area contributed by atoms with Crippen molar-refractivity contribution in [2.24, 2.45) is 5.73 Å². The molecule has 1 amide bonds. The summed E-state index contributed by atoms with van der Waals surface area (Å²) in [5.74, 6) is 0.228. The van der Waals surface area contributed by atoms with Crippen LogP contribution in [0.2, 0.25) is 0 Å². The number of carbonyl (C=O) groups is 1. The van der Waals surface area contributed by atoms with Crippen molar-refractivity contribution in [1.29, 1.82) is 0 Å². The van der Waals surface area contributed by atoms with Gasteiger partial charge < -0.3 is 15.8 Å². The zero-order chi connectivity index (χ0) is 13.4. The highest BCUT2D eigenvalue weighted by atomic mass is 35.5. The average Bonchev–Trinajstić information content (AvgIpc) is 2.35. The number of nitrogens with one attached hydrogen (secondary N) is 1. The minimum atomic E-state index is -0.472. The van der Waals surface area contributed by atoms with E-state index in [4.69, 9.17) is 10.5 Å². The van der Waals surface area contributed by atoms with Gasteiger partial charge in [0.25, 0.3) is 0 Å². The van der Waals surface area contributed by atoms with Crippen molar-refractivity contribution < 1.29 is 13.9 Å². The number of ether oxygens (including phenoxy) is 1. The summed E-state index contributed by atoms with van der Waals surface area (Å²) in [4.78, 5) is 11.1. The summed E-state index contributed by atoms with van der Waals surface area (Å²) >= 11 is 0. The van der Waals surface area contributed by atoms with E-state index in [9.17, 15) is 9.18 Å². The molecule has 108 valence electrons. The van der Waals surface area contributed by atoms with Gasteiger partial charge in [-0.3, -0.25) is 4.79 Å². The summed E-state index contributed by atoms with van der Waals surface area (Å²) in [6.07, 6.45) is 1.64. The topological polar surface area (TPSA) is 64.4 Å². The molecule has 1 rings (SSSR count). The van der Waals surface area contributed by atoms with Gasteiger partial charge >= 0.3 is 0 Å². The molecule has 0 bridgehead atoms. The van der Waals surface area contributed by atoms with Gasteiger partial charge in [0, 0.05) is 6.54 Å². The van der Waals surface area contributed by atoms with Crippen molar-refractivity contribution in [2.45, 2.75) is 25.8 Å². The Labute approximate surface area is 118 Å². The van der Waals surface area contributed by atoms with Gasteiger partial charge in [0.2, 0.25) is 5.91 Å². The SMILES string of the molecule is CC(N)C(=O)NCCCCOc1ccc(F)cc1.Cl. The van der Waals surface area contributed by atoms with Crippen LogP contribution in [0.1, 0.15) is 19.8 Å². The Morgan fingerprint density at radius 1 is 1.37 bits per heavy atom. The summed E-state index contributed by atoms with van der Waals surface area (Å²) in [7, 11) is 0. The Balaban J connectivity index is 0.00000324. The predicted octanol–water partition coefficient (Wildman–Crippen LogP) is 1.87. The van der Waals surface area contributed by atoms with Crippen molar-refractivity contribution in [2.75, 3.05) is 13.2 Å². The number of halogens is 2. The Morgan fingerprint density at radius 2 is 2.00 bits per heavy atom. The fourth-order valence-corrected chi connectivity index (χ4v) is 1.32. The van der Waals surface area contributed by atoms with Crippen LogP contribution in [0.25, 0.3) is 0 Å².